The molecular weight excluding hydrogens is 406 g/mol. The van der Waals surface area contributed by atoms with E-state index in [1.165, 1.54) is 4.90 Å². The van der Waals surface area contributed by atoms with E-state index in [0.29, 0.717) is 18.0 Å². The first kappa shape index (κ1) is 21.9. The van der Waals surface area contributed by atoms with Gasteiger partial charge in [0.05, 0.1) is 18.7 Å². The second-order valence-electron chi connectivity index (χ2n) is 8.36. The molecule has 0 spiro atoms. The summed E-state index contributed by atoms with van der Waals surface area (Å²) in [4.78, 5) is 42.4. The van der Waals surface area contributed by atoms with E-state index in [9.17, 15) is 14.4 Å². The number of hydrogen-bond donors (Lipinski definition) is 1. The van der Waals surface area contributed by atoms with Crippen molar-refractivity contribution in [2.45, 2.75) is 58.0 Å². The summed E-state index contributed by atoms with van der Waals surface area (Å²) < 4.78 is 5.42. The summed E-state index contributed by atoms with van der Waals surface area (Å²) >= 11 is 0. The Morgan fingerprint density at radius 1 is 1.03 bits per heavy atom. The van der Waals surface area contributed by atoms with Gasteiger partial charge >= 0.3 is 6.03 Å². The molecule has 0 bridgehead atoms. The zero-order chi connectivity index (χ0) is 22.7. The number of carbonyl (C=O) groups excluding carboxylic acids is 3. The number of hydrogen-bond acceptors (Lipinski definition) is 4. The normalized spacial score (nSPS) is 19.0. The van der Waals surface area contributed by atoms with Crippen molar-refractivity contribution in [1.82, 2.24) is 4.90 Å². The van der Waals surface area contributed by atoms with E-state index in [2.05, 4.69) is 5.32 Å². The van der Waals surface area contributed by atoms with Crippen molar-refractivity contribution in [3.63, 3.8) is 0 Å². The number of nitrogens with zero attached hydrogens (tertiary/aromatic N) is 2. The quantitative estimate of drug-likeness (QED) is 0.650. The van der Waals surface area contributed by atoms with Crippen LogP contribution in [-0.4, -0.2) is 41.4 Å². The Kier molecular flexibility index (Phi) is 6.44. The molecule has 2 fully saturated rings. The summed E-state index contributed by atoms with van der Waals surface area (Å²) in [5.74, 6) is 0.0878. The minimum atomic E-state index is -0.797. The van der Waals surface area contributed by atoms with Gasteiger partial charge in [0, 0.05) is 11.7 Å². The lowest BCUT2D eigenvalue weighted by molar-refractivity contribution is -0.124. The average Bonchev–Trinajstić information content (AvgIpc) is 3.38. The van der Waals surface area contributed by atoms with Crippen molar-refractivity contribution in [3.05, 3.63) is 54.1 Å². The molecule has 1 saturated carbocycles. The zero-order valence-corrected chi connectivity index (χ0v) is 18.5. The second-order valence-corrected chi connectivity index (χ2v) is 8.36. The van der Waals surface area contributed by atoms with Crippen molar-refractivity contribution >= 4 is 29.2 Å². The van der Waals surface area contributed by atoms with E-state index in [1.54, 1.807) is 41.3 Å². The fraction of sp³-hybridized carbons (Fsp3) is 0.400. The maximum atomic E-state index is 13.3. The first-order valence-corrected chi connectivity index (χ1v) is 11.2. The molecule has 168 valence electrons. The van der Waals surface area contributed by atoms with Crippen LogP contribution in [0.3, 0.4) is 0 Å². The molecular formula is C25H29N3O4. The highest BCUT2D eigenvalue weighted by Crippen LogP contribution is 2.34. The molecule has 1 atom stereocenters. The van der Waals surface area contributed by atoms with Crippen LogP contribution in [0.2, 0.25) is 0 Å². The number of aryl methyl sites for hydroxylation is 1. The smallest absolute Gasteiger partial charge is 0.332 e. The molecule has 1 heterocycles. The summed E-state index contributed by atoms with van der Waals surface area (Å²) in [6, 6.07) is 13.3. The van der Waals surface area contributed by atoms with Crippen molar-refractivity contribution < 1.29 is 19.1 Å². The number of carbonyl (C=O) groups is 3. The minimum Gasteiger partial charge on any atom is -0.494 e. The van der Waals surface area contributed by atoms with Crippen LogP contribution >= 0.6 is 0 Å². The second kappa shape index (κ2) is 9.42. The molecule has 1 unspecified atom stereocenters. The van der Waals surface area contributed by atoms with Crippen molar-refractivity contribution in [1.29, 1.82) is 0 Å². The highest BCUT2D eigenvalue weighted by atomic mass is 16.5. The van der Waals surface area contributed by atoms with Crippen LogP contribution in [0.25, 0.3) is 0 Å². The van der Waals surface area contributed by atoms with Gasteiger partial charge in [0.1, 0.15) is 11.8 Å². The van der Waals surface area contributed by atoms with Crippen LogP contribution in [-0.2, 0) is 9.59 Å². The number of nitrogens with one attached hydrogen (secondary N) is 1. The standard InChI is InChI=1S/C25H29N3O4/c1-3-32-21-14-10-18(11-15-21)26-23(29)16-22-24(30)28(20-12-8-17(2)9-13-20)25(31)27(22)19-6-4-5-7-19/h8-15,19,22H,3-7,16H2,1-2H3,(H,26,29). The van der Waals surface area contributed by atoms with E-state index < -0.39 is 6.04 Å². The van der Waals surface area contributed by atoms with Gasteiger partial charge in [0.2, 0.25) is 5.91 Å². The first-order valence-electron chi connectivity index (χ1n) is 11.2. The van der Waals surface area contributed by atoms with E-state index in [-0.39, 0.29) is 30.3 Å². The number of ether oxygens (including phenoxy) is 1. The number of urea groups is 1. The molecule has 32 heavy (non-hydrogen) atoms. The Hall–Kier alpha value is -3.35. The van der Waals surface area contributed by atoms with E-state index in [1.807, 2.05) is 26.0 Å². The lowest BCUT2D eigenvalue weighted by Gasteiger charge is -2.27. The van der Waals surface area contributed by atoms with Crippen molar-refractivity contribution in [2.24, 2.45) is 0 Å². The molecule has 7 heteroatoms. The van der Waals surface area contributed by atoms with Crippen LogP contribution in [0.5, 0.6) is 5.75 Å². The predicted octanol–water partition coefficient (Wildman–Crippen LogP) is 4.50. The fourth-order valence-corrected chi connectivity index (χ4v) is 4.51. The Balaban J connectivity index is 1.52. The van der Waals surface area contributed by atoms with Gasteiger partial charge < -0.3 is 15.0 Å². The monoisotopic (exact) mass is 435 g/mol. The Morgan fingerprint density at radius 3 is 2.31 bits per heavy atom. The zero-order valence-electron chi connectivity index (χ0n) is 18.5. The average molecular weight is 436 g/mol. The van der Waals surface area contributed by atoms with Gasteiger partial charge in [-0.25, -0.2) is 9.69 Å². The Morgan fingerprint density at radius 2 is 1.69 bits per heavy atom. The molecule has 2 aromatic rings. The van der Waals surface area contributed by atoms with Crippen LogP contribution in [0.15, 0.2) is 48.5 Å². The highest BCUT2D eigenvalue weighted by molar-refractivity contribution is 6.22. The fourth-order valence-electron chi connectivity index (χ4n) is 4.51. The van der Waals surface area contributed by atoms with Crippen molar-refractivity contribution in [3.8, 4) is 5.75 Å². The topological polar surface area (TPSA) is 79.0 Å². The lowest BCUT2D eigenvalue weighted by Crippen LogP contribution is -2.43. The number of rotatable bonds is 7. The van der Waals surface area contributed by atoms with Gasteiger partial charge in [-0.3, -0.25) is 9.59 Å². The first-order chi connectivity index (χ1) is 15.5. The molecule has 1 N–H and O–H groups in total. The molecule has 4 rings (SSSR count). The molecule has 1 saturated heterocycles. The van der Waals surface area contributed by atoms with Gasteiger partial charge in [-0.05, 0) is 63.1 Å². The summed E-state index contributed by atoms with van der Waals surface area (Å²) in [5, 5.41) is 2.84. The third kappa shape index (κ3) is 4.47. The summed E-state index contributed by atoms with van der Waals surface area (Å²) in [6.45, 7) is 4.43. The molecule has 1 aliphatic carbocycles. The van der Waals surface area contributed by atoms with E-state index in [0.717, 1.165) is 37.0 Å². The SMILES string of the molecule is CCOc1ccc(NC(=O)CC2C(=O)N(c3ccc(C)cc3)C(=O)N2C2CCCC2)cc1. The number of imide groups is 1. The molecule has 0 aromatic heterocycles. The number of amides is 4. The minimum absolute atomic E-state index is 0.00910. The van der Waals surface area contributed by atoms with Gasteiger partial charge in [0.15, 0.2) is 0 Å². The van der Waals surface area contributed by atoms with Gasteiger partial charge in [0.25, 0.3) is 5.91 Å². The van der Waals surface area contributed by atoms with E-state index in [4.69, 9.17) is 4.74 Å². The van der Waals surface area contributed by atoms with E-state index >= 15 is 0 Å². The maximum Gasteiger partial charge on any atom is 0.332 e. The van der Waals surface area contributed by atoms with Crippen LogP contribution in [0.1, 0.15) is 44.6 Å². The van der Waals surface area contributed by atoms with Crippen LogP contribution in [0.4, 0.5) is 16.2 Å². The third-order valence-electron chi connectivity index (χ3n) is 6.09. The summed E-state index contributed by atoms with van der Waals surface area (Å²) in [7, 11) is 0. The molecule has 4 amide bonds. The lowest BCUT2D eigenvalue weighted by atomic mass is 10.1. The van der Waals surface area contributed by atoms with Crippen molar-refractivity contribution in [2.75, 3.05) is 16.8 Å². The summed E-state index contributed by atoms with van der Waals surface area (Å²) in [6.07, 6.45) is 3.70. The van der Waals surface area contributed by atoms with Gasteiger partial charge in [-0.1, -0.05) is 30.5 Å². The molecule has 7 nitrogen and oxygen atoms in total. The van der Waals surface area contributed by atoms with Gasteiger partial charge in [-0.15, -0.1) is 0 Å². The number of benzene rings is 2. The van der Waals surface area contributed by atoms with Crippen LogP contribution in [0, 0.1) is 6.92 Å². The molecule has 1 aliphatic heterocycles. The number of anilines is 2. The summed E-state index contributed by atoms with van der Waals surface area (Å²) in [5.41, 5.74) is 2.22. The predicted molar refractivity (Wildman–Crippen MR) is 123 cm³/mol. The molecule has 2 aromatic carbocycles. The van der Waals surface area contributed by atoms with Crippen LogP contribution < -0.4 is 15.0 Å². The Bertz CT molecular complexity index is 981. The highest BCUT2D eigenvalue weighted by Gasteiger charge is 2.49. The molecule has 0 radical (unpaired) electrons. The maximum absolute atomic E-state index is 13.3. The van der Waals surface area contributed by atoms with Gasteiger partial charge in [-0.2, -0.15) is 0 Å². The Labute approximate surface area is 188 Å². The largest absolute Gasteiger partial charge is 0.494 e. The molecule has 2 aliphatic rings. The third-order valence-corrected chi connectivity index (χ3v) is 6.09.